The third-order valence-electron chi connectivity index (χ3n) is 2.92. The average molecular weight is 320 g/mol. The number of benzene rings is 1. The summed E-state index contributed by atoms with van der Waals surface area (Å²) in [5.74, 6) is 0. The molecule has 1 heterocycles. The van der Waals surface area contributed by atoms with Gasteiger partial charge in [0.2, 0.25) is 0 Å². The zero-order valence-corrected chi connectivity index (χ0v) is 11.3. The summed E-state index contributed by atoms with van der Waals surface area (Å²) in [7, 11) is 0. The molecule has 118 valence electrons. The summed E-state index contributed by atoms with van der Waals surface area (Å²) in [4.78, 5) is 41.3. The topological polar surface area (TPSA) is 151 Å². The quantitative estimate of drug-likeness (QED) is 0.599. The molecular weight excluding hydrogens is 312 g/mol. The Morgan fingerprint density at radius 3 is 1.96 bits per heavy atom. The molecule has 0 amide bonds. The van der Waals surface area contributed by atoms with E-state index in [4.69, 9.17) is 0 Å². The van der Waals surface area contributed by atoms with E-state index in [9.17, 15) is 35.1 Å². The van der Waals surface area contributed by atoms with E-state index in [2.05, 4.69) is 0 Å². The number of nitrogens with zero attached hydrogens (tertiary/aromatic N) is 4. The van der Waals surface area contributed by atoms with Crippen LogP contribution in [0.5, 0.6) is 0 Å². The number of rotatable bonds is 5. The Labute approximate surface area is 126 Å². The maximum absolute atomic E-state index is 11.6. The molecule has 0 N–H and O–H groups in total. The highest BCUT2D eigenvalue weighted by atomic mass is 16.6. The van der Waals surface area contributed by atoms with Crippen molar-refractivity contribution in [3.05, 3.63) is 82.8 Å². The standard InChI is InChI=1S/C12H8N4O7/c17-12-10(15(20)21)6-13(7-11(12)16(22)23)5-8-2-1-3-9(4-8)14(18)19/h1-4,6-7H,5H2. The number of aromatic nitrogens is 1. The van der Waals surface area contributed by atoms with Crippen molar-refractivity contribution in [2.24, 2.45) is 0 Å². The molecule has 0 saturated heterocycles. The highest BCUT2D eigenvalue weighted by molar-refractivity contribution is 5.40. The Morgan fingerprint density at radius 2 is 1.48 bits per heavy atom. The predicted octanol–water partition coefficient (Wildman–Crippen LogP) is 1.62. The number of hydrogen-bond donors (Lipinski definition) is 0. The lowest BCUT2D eigenvalue weighted by molar-refractivity contribution is -0.397. The first-order valence-corrected chi connectivity index (χ1v) is 6.06. The zero-order valence-electron chi connectivity index (χ0n) is 11.3. The van der Waals surface area contributed by atoms with Crippen molar-refractivity contribution >= 4 is 17.1 Å². The summed E-state index contributed by atoms with van der Waals surface area (Å²) < 4.78 is 1.07. The SMILES string of the molecule is O=c1c([N+](=O)[O-])cn(Cc2cccc([N+](=O)[O-])c2)cc1[N+](=O)[O-]. The van der Waals surface area contributed by atoms with Crippen molar-refractivity contribution in [3.63, 3.8) is 0 Å². The fourth-order valence-electron chi connectivity index (χ4n) is 1.93. The summed E-state index contributed by atoms with van der Waals surface area (Å²) in [6.45, 7) is -0.108. The van der Waals surface area contributed by atoms with E-state index in [0.717, 1.165) is 17.0 Å². The lowest BCUT2D eigenvalue weighted by Gasteiger charge is -2.06. The molecule has 0 radical (unpaired) electrons. The lowest BCUT2D eigenvalue weighted by Crippen LogP contribution is -2.16. The van der Waals surface area contributed by atoms with Gasteiger partial charge in [-0.05, 0) is 5.56 Å². The van der Waals surface area contributed by atoms with E-state index in [1.807, 2.05) is 0 Å². The average Bonchev–Trinajstić information content (AvgIpc) is 2.48. The molecule has 0 fully saturated rings. The smallest absolute Gasteiger partial charge is 0.338 e. The van der Waals surface area contributed by atoms with E-state index < -0.39 is 31.6 Å². The summed E-state index contributed by atoms with van der Waals surface area (Å²) in [6.07, 6.45) is 1.71. The Kier molecular flexibility index (Phi) is 4.12. The fourth-order valence-corrected chi connectivity index (χ4v) is 1.93. The lowest BCUT2D eigenvalue weighted by atomic mass is 10.2. The second kappa shape index (κ2) is 6.01. The highest BCUT2D eigenvalue weighted by Gasteiger charge is 2.24. The van der Waals surface area contributed by atoms with Crippen molar-refractivity contribution in [1.82, 2.24) is 4.57 Å². The molecule has 1 aromatic carbocycles. The molecule has 11 nitrogen and oxygen atoms in total. The van der Waals surface area contributed by atoms with E-state index in [1.54, 1.807) is 0 Å². The molecule has 0 bridgehead atoms. The normalized spacial score (nSPS) is 10.3. The monoisotopic (exact) mass is 320 g/mol. The Morgan fingerprint density at radius 1 is 0.913 bits per heavy atom. The van der Waals surface area contributed by atoms with Crippen LogP contribution >= 0.6 is 0 Å². The van der Waals surface area contributed by atoms with E-state index in [-0.39, 0.29) is 12.2 Å². The molecule has 0 atom stereocenters. The molecule has 1 aromatic heterocycles. The third-order valence-corrected chi connectivity index (χ3v) is 2.92. The van der Waals surface area contributed by atoms with E-state index in [0.29, 0.717) is 5.56 Å². The van der Waals surface area contributed by atoms with Gasteiger partial charge in [0.05, 0.1) is 27.2 Å². The first kappa shape index (κ1) is 15.8. The summed E-state index contributed by atoms with van der Waals surface area (Å²) in [5.41, 5.74) is -2.97. The highest BCUT2D eigenvalue weighted by Crippen LogP contribution is 2.17. The van der Waals surface area contributed by atoms with Crippen LogP contribution < -0.4 is 5.43 Å². The predicted molar refractivity (Wildman–Crippen MR) is 76.2 cm³/mol. The van der Waals surface area contributed by atoms with Crippen LogP contribution in [0.4, 0.5) is 17.1 Å². The number of non-ortho nitro benzene ring substituents is 1. The first-order valence-electron chi connectivity index (χ1n) is 6.06. The molecule has 2 aromatic rings. The van der Waals surface area contributed by atoms with Gasteiger partial charge in [-0.3, -0.25) is 35.1 Å². The minimum absolute atomic E-state index is 0.108. The second-order valence-corrected chi connectivity index (χ2v) is 4.47. The van der Waals surface area contributed by atoms with Gasteiger partial charge in [-0.15, -0.1) is 0 Å². The number of pyridine rings is 1. The van der Waals surface area contributed by atoms with Gasteiger partial charge in [-0.2, -0.15) is 0 Å². The van der Waals surface area contributed by atoms with Crippen LogP contribution in [0.2, 0.25) is 0 Å². The van der Waals surface area contributed by atoms with Crippen molar-refractivity contribution in [1.29, 1.82) is 0 Å². The largest absolute Gasteiger partial charge is 0.339 e. The molecule has 2 rings (SSSR count). The van der Waals surface area contributed by atoms with Gasteiger partial charge in [0.1, 0.15) is 0 Å². The van der Waals surface area contributed by atoms with Crippen molar-refractivity contribution in [2.75, 3.05) is 0 Å². The van der Waals surface area contributed by atoms with Crippen LogP contribution in [0.25, 0.3) is 0 Å². The van der Waals surface area contributed by atoms with E-state index >= 15 is 0 Å². The van der Waals surface area contributed by atoms with Gasteiger partial charge in [0, 0.05) is 18.7 Å². The summed E-state index contributed by atoms with van der Waals surface area (Å²) in [6, 6.07) is 5.43. The van der Waals surface area contributed by atoms with Crippen LogP contribution in [0.3, 0.4) is 0 Å². The van der Waals surface area contributed by atoms with Crippen molar-refractivity contribution in [2.45, 2.75) is 6.54 Å². The van der Waals surface area contributed by atoms with Gasteiger partial charge >= 0.3 is 16.8 Å². The first-order chi connectivity index (χ1) is 10.8. The number of nitro groups is 3. The zero-order chi connectivity index (χ0) is 17.1. The fraction of sp³-hybridized carbons (Fsp3) is 0.0833. The maximum Gasteiger partial charge on any atom is 0.339 e. The number of hydrogen-bond acceptors (Lipinski definition) is 7. The summed E-state index contributed by atoms with van der Waals surface area (Å²) in [5, 5.41) is 32.4. The minimum Gasteiger partial charge on any atom is -0.338 e. The van der Waals surface area contributed by atoms with E-state index in [1.165, 1.54) is 24.3 Å². The van der Waals surface area contributed by atoms with Gasteiger partial charge in [-0.1, -0.05) is 12.1 Å². The van der Waals surface area contributed by atoms with Gasteiger partial charge in [0.25, 0.3) is 5.69 Å². The van der Waals surface area contributed by atoms with Crippen LogP contribution in [0.15, 0.2) is 41.5 Å². The van der Waals surface area contributed by atoms with Crippen LogP contribution in [-0.2, 0) is 6.54 Å². The van der Waals surface area contributed by atoms with Crippen LogP contribution in [-0.4, -0.2) is 19.3 Å². The summed E-state index contributed by atoms with van der Waals surface area (Å²) >= 11 is 0. The Hall–Kier alpha value is -3.63. The van der Waals surface area contributed by atoms with Crippen molar-refractivity contribution < 1.29 is 14.8 Å². The minimum atomic E-state index is -1.30. The molecule has 0 spiro atoms. The molecular formula is C12H8N4O7. The second-order valence-electron chi connectivity index (χ2n) is 4.47. The maximum atomic E-state index is 11.6. The molecule has 0 aliphatic heterocycles. The van der Waals surface area contributed by atoms with Gasteiger partial charge < -0.3 is 4.57 Å². The molecule has 23 heavy (non-hydrogen) atoms. The molecule has 11 heteroatoms. The van der Waals surface area contributed by atoms with Crippen LogP contribution in [0.1, 0.15) is 5.56 Å². The van der Waals surface area contributed by atoms with Crippen LogP contribution in [0, 0.1) is 30.3 Å². The molecule has 0 aliphatic carbocycles. The molecule has 0 saturated carbocycles. The third kappa shape index (κ3) is 3.34. The molecule has 0 aliphatic rings. The van der Waals surface area contributed by atoms with Gasteiger partial charge in [0.15, 0.2) is 0 Å². The van der Waals surface area contributed by atoms with Crippen molar-refractivity contribution in [3.8, 4) is 0 Å². The Bertz CT molecular complexity index is 836. The Balaban J connectivity index is 2.50. The molecule has 0 unspecified atom stereocenters. The van der Waals surface area contributed by atoms with Gasteiger partial charge in [-0.25, -0.2) is 0 Å². The number of nitro benzene ring substituents is 1.